The fourth-order valence-corrected chi connectivity index (χ4v) is 4.73. The molecular formula is C22H27N3O3. The molecule has 4 amide bonds. The average Bonchev–Trinajstić information content (AvgIpc) is 3.30. The number of carbonyl (C=O) groups excluding carboxylic acids is 3. The second-order valence-corrected chi connectivity index (χ2v) is 7.87. The molecule has 1 aliphatic heterocycles. The third-order valence-corrected chi connectivity index (χ3v) is 6.06. The Morgan fingerprint density at radius 3 is 2.79 bits per heavy atom. The maximum Gasteiger partial charge on any atom is 0.325 e. The minimum atomic E-state index is -1.02. The van der Waals surface area contributed by atoms with Crippen LogP contribution in [0.5, 0.6) is 0 Å². The lowest BCUT2D eigenvalue weighted by Crippen LogP contribution is -2.47. The monoisotopic (exact) mass is 381 g/mol. The molecule has 3 aliphatic rings. The van der Waals surface area contributed by atoms with Gasteiger partial charge in [0, 0.05) is 12.2 Å². The van der Waals surface area contributed by atoms with Crippen molar-refractivity contribution in [3.05, 3.63) is 47.2 Å². The van der Waals surface area contributed by atoms with Crippen molar-refractivity contribution in [2.24, 2.45) is 0 Å². The van der Waals surface area contributed by atoms with Crippen molar-refractivity contribution in [3.8, 4) is 0 Å². The summed E-state index contributed by atoms with van der Waals surface area (Å²) in [5.41, 5.74) is 1.98. The Bertz CT molecular complexity index is 847. The molecule has 0 saturated carbocycles. The van der Waals surface area contributed by atoms with Crippen LogP contribution in [0.1, 0.15) is 56.6 Å². The van der Waals surface area contributed by atoms with Crippen LogP contribution in [0, 0.1) is 0 Å². The molecule has 1 aromatic rings. The third kappa shape index (κ3) is 3.01. The fourth-order valence-electron chi connectivity index (χ4n) is 4.73. The third-order valence-electron chi connectivity index (χ3n) is 6.06. The standard InChI is InChI=1S/C22H27N3O3/c1-2-14-24(17-10-4-5-11-17)19(26)15-25-20(27)22(23-21(25)28)13-7-9-16-8-3-6-12-18(16)22/h3,6,8,10,12H,2,4-5,7,9,11,13-15H2,1H3,(H,23,28)/t22-/m1/s1. The van der Waals surface area contributed by atoms with E-state index in [0.717, 1.165) is 60.2 Å². The second kappa shape index (κ2) is 7.41. The number of nitrogens with zero attached hydrogens (tertiary/aromatic N) is 2. The molecule has 1 saturated heterocycles. The number of fused-ring (bicyclic) bond motifs is 2. The van der Waals surface area contributed by atoms with Crippen molar-refractivity contribution < 1.29 is 14.4 Å². The lowest BCUT2D eigenvalue weighted by molar-refractivity contribution is -0.138. The van der Waals surface area contributed by atoms with Crippen LogP contribution in [0.2, 0.25) is 0 Å². The van der Waals surface area contributed by atoms with E-state index in [2.05, 4.69) is 11.4 Å². The number of imide groups is 1. The SMILES string of the molecule is CCCN(C(=O)CN1C(=O)N[C@@]2(CCCc3ccccc32)C1=O)C1=CCCC1. The van der Waals surface area contributed by atoms with Crippen molar-refractivity contribution >= 4 is 17.8 Å². The van der Waals surface area contributed by atoms with E-state index in [0.29, 0.717) is 13.0 Å². The van der Waals surface area contributed by atoms with Crippen LogP contribution in [-0.2, 0) is 21.5 Å². The van der Waals surface area contributed by atoms with Crippen LogP contribution in [0.4, 0.5) is 4.79 Å². The Hall–Kier alpha value is -2.63. The maximum absolute atomic E-state index is 13.3. The molecule has 0 unspecified atom stereocenters. The number of aryl methyl sites for hydroxylation is 1. The van der Waals surface area contributed by atoms with Crippen LogP contribution in [0.25, 0.3) is 0 Å². The molecule has 1 fully saturated rings. The number of hydrogen-bond donors (Lipinski definition) is 1. The minimum Gasteiger partial charge on any atom is -0.319 e. The summed E-state index contributed by atoms with van der Waals surface area (Å²) in [6.07, 6.45) is 8.14. The maximum atomic E-state index is 13.3. The van der Waals surface area contributed by atoms with Gasteiger partial charge in [0.15, 0.2) is 0 Å². The number of urea groups is 1. The number of hydrogen-bond acceptors (Lipinski definition) is 3. The summed E-state index contributed by atoms with van der Waals surface area (Å²) in [6.45, 7) is 2.44. The second-order valence-electron chi connectivity index (χ2n) is 7.87. The molecule has 28 heavy (non-hydrogen) atoms. The van der Waals surface area contributed by atoms with Gasteiger partial charge in [0.2, 0.25) is 5.91 Å². The summed E-state index contributed by atoms with van der Waals surface area (Å²) in [5.74, 6) is -0.477. The van der Waals surface area contributed by atoms with E-state index in [1.54, 1.807) is 4.90 Å². The first-order valence-electron chi connectivity index (χ1n) is 10.3. The number of carbonyl (C=O) groups is 3. The van der Waals surface area contributed by atoms with E-state index < -0.39 is 11.6 Å². The number of nitrogens with one attached hydrogen (secondary N) is 1. The number of amides is 4. The zero-order valence-corrected chi connectivity index (χ0v) is 16.4. The molecular weight excluding hydrogens is 354 g/mol. The van der Waals surface area contributed by atoms with Gasteiger partial charge in [0.1, 0.15) is 12.1 Å². The molecule has 0 bridgehead atoms. The summed E-state index contributed by atoms with van der Waals surface area (Å²) < 4.78 is 0. The van der Waals surface area contributed by atoms with E-state index in [1.807, 2.05) is 31.2 Å². The molecule has 148 valence electrons. The first-order chi connectivity index (χ1) is 13.6. The van der Waals surface area contributed by atoms with E-state index in [9.17, 15) is 14.4 Å². The highest BCUT2D eigenvalue weighted by Crippen LogP contribution is 2.39. The van der Waals surface area contributed by atoms with Gasteiger partial charge in [-0.2, -0.15) is 0 Å². The predicted octanol–water partition coefficient (Wildman–Crippen LogP) is 3.08. The number of rotatable bonds is 5. The Morgan fingerprint density at radius 2 is 2.04 bits per heavy atom. The fraction of sp³-hybridized carbons (Fsp3) is 0.500. The Labute approximate surface area is 165 Å². The van der Waals surface area contributed by atoms with Gasteiger partial charge in [-0.05, 0) is 56.1 Å². The van der Waals surface area contributed by atoms with Crippen molar-refractivity contribution in [1.29, 1.82) is 0 Å². The van der Waals surface area contributed by atoms with Crippen LogP contribution in [0.15, 0.2) is 36.0 Å². The zero-order chi connectivity index (χ0) is 19.7. The van der Waals surface area contributed by atoms with Crippen LogP contribution in [0.3, 0.4) is 0 Å². The molecule has 0 radical (unpaired) electrons. The van der Waals surface area contributed by atoms with Crippen molar-refractivity contribution in [2.75, 3.05) is 13.1 Å². The molecule has 1 atom stereocenters. The Morgan fingerprint density at radius 1 is 1.21 bits per heavy atom. The lowest BCUT2D eigenvalue weighted by Gasteiger charge is -2.33. The van der Waals surface area contributed by atoms with Crippen LogP contribution in [-0.4, -0.2) is 40.7 Å². The topological polar surface area (TPSA) is 69.7 Å². The van der Waals surface area contributed by atoms with Gasteiger partial charge in [-0.25, -0.2) is 4.79 Å². The van der Waals surface area contributed by atoms with Crippen molar-refractivity contribution in [2.45, 2.75) is 57.4 Å². The molecule has 1 heterocycles. The van der Waals surface area contributed by atoms with E-state index in [1.165, 1.54) is 0 Å². The highest BCUT2D eigenvalue weighted by molar-refractivity contribution is 6.09. The summed E-state index contributed by atoms with van der Waals surface area (Å²) in [6, 6.07) is 7.32. The van der Waals surface area contributed by atoms with E-state index in [-0.39, 0.29) is 18.4 Å². The van der Waals surface area contributed by atoms with E-state index >= 15 is 0 Å². The molecule has 1 spiro atoms. The Kier molecular flexibility index (Phi) is 4.96. The number of benzene rings is 1. The highest BCUT2D eigenvalue weighted by atomic mass is 16.2. The highest BCUT2D eigenvalue weighted by Gasteiger charge is 2.54. The summed E-state index contributed by atoms with van der Waals surface area (Å²) in [5, 5.41) is 2.92. The molecule has 1 aromatic carbocycles. The Balaban J connectivity index is 1.58. The summed E-state index contributed by atoms with van der Waals surface area (Å²) in [4.78, 5) is 41.9. The summed E-state index contributed by atoms with van der Waals surface area (Å²) >= 11 is 0. The normalized spacial score (nSPS) is 23.6. The molecule has 1 N–H and O–H groups in total. The molecule has 2 aliphatic carbocycles. The smallest absolute Gasteiger partial charge is 0.319 e. The number of allylic oxidation sites excluding steroid dienone is 2. The van der Waals surface area contributed by atoms with Gasteiger partial charge in [0.25, 0.3) is 5.91 Å². The first-order valence-corrected chi connectivity index (χ1v) is 10.3. The molecule has 4 rings (SSSR count). The van der Waals surface area contributed by atoms with Gasteiger partial charge >= 0.3 is 6.03 Å². The van der Waals surface area contributed by atoms with Gasteiger partial charge in [-0.3, -0.25) is 14.5 Å². The zero-order valence-electron chi connectivity index (χ0n) is 16.4. The first kappa shape index (κ1) is 18.7. The largest absolute Gasteiger partial charge is 0.325 e. The van der Waals surface area contributed by atoms with Gasteiger partial charge in [0.05, 0.1) is 0 Å². The molecule has 6 heteroatoms. The van der Waals surface area contributed by atoms with Gasteiger partial charge < -0.3 is 10.2 Å². The summed E-state index contributed by atoms with van der Waals surface area (Å²) in [7, 11) is 0. The average molecular weight is 381 g/mol. The van der Waals surface area contributed by atoms with Crippen molar-refractivity contribution in [1.82, 2.24) is 15.1 Å². The predicted molar refractivity (Wildman–Crippen MR) is 105 cm³/mol. The molecule has 0 aromatic heterocycles. The van der Waals surface area contributed by atoms with Gasteiger partial charge in [-0.15, -0.1) is 0 Å². The quantitative estimate of drug-likeness (QED) is 0.797. The lowest BCUT2D eigenvalue weighted by atomic mass is 9.76. The molecule has 6 nitrogen and oxygen atoms in total. The van der Waals surface area contributed by atoms with Gasteiger partial charge in [-0.1, -0.05) is 37.3 Å². The van der Waals surface area contributed by atoms with Crippen LogP contribution < -0.4 is 5.32 Å². The van der Waals surface area contributed by atoms with Crippen LogP contribution >= 0.6 is 0 Å². The van der Waals surface area contributed by atoms with E-state index in [4.69, 9.17) is 0 Å². The minimum absolute atomic E-state index is 0.181. The van der Waals surface area contributed by atoms with Crippen molar-refractivity contribution in [3.63, 3.8) is 0 Å².